The Morgan fingerprint density at radius 1 is 1.29 bits per heavy atom. The van der Waals surface area contributed by atoms with Crippen LogP contribution in [0, 0.1) is 0 Å². The highest BCUT2D eigenvalue weighted by Gasteiger charge is 2.18. The molecule has 1 heterocycles. The van der Waals surface area contributed by atoms with Gasteiger partial charge in [0, 0.05) is 38.8 Å². The van der Waals surface area contributed by atoms with Gasteiger partial charge in [-0.15, -0.1) is 0 Å². The lowest BCUT2D eigenvalue weighted by Gasteiger charge is -2.35. The van der Waals surface area contributed by atoms with E-state index in [2.05, 4.69) is 4.90 Å². The summed E-state index contributed by atoms with van der Waals surface area (Å²) in [5, 5.41) is 0.580. The van der Waals surface area contributed by atoms with E-state index in [-0.39, 0.29) is 5.91 Å². The Balaban J connectivity index is 2.05. The van der Waals surface area contributed by atoms with Crippen LogP contribution in [-0.2, 0) is 4.79 Å². The van der Waals surface area contributed by atoms with Crippen molar-refractivity contribution in [2.75, 3.05) is 36.8 Å². The van der Waals surface area contributed by atoms with E-state index in [1.165, 1.54) is 0 Å². The summed E-state index contributed by atoms with van der Waals surface area (Å²) >= 11 is 5.89. The summed E-state index contributed by atoms with van der Waals surface area (Å²) in [7, 11) is 0. The van der Waals surface area contributed by atoms with Gasteiger partial charge in [-0.05, 0) is 18.2 Å². The van der Waals surface area contributed by atoms with E-state index < -0.39 is 0 Å². The summed E-state index contributed by atoms with van der Waals surface area (Å²) in [6.45, 7) is 4.80. The minimum absolute atomic E-state index is 0.139. The summed E-state index contributed by atoms with van der Waals surface area (Å²) in [4.78, 5) is 15.3. The van der Waals surface area contributed by atoms with E-state index in [0.29, 0.717) is 10.7 Å². The number of hydrogen-bond acceptors (Lipinski definition) is 3. The number of nitrogen functional groups attached to an aromatic ring is 1. The molecule has 0 radical (unpaired) electrons. The number of nitrogens with zero attached hydrogens (tertiary/aromatic N) is 2. The van der Waals surface area contributed by atoms with Crippen molar-refractivity contribution in [1.29, 1.82) is 0 Å². The molecular formula is C12H16ClN3O. The molecule has 1 aliphatic rings. The molecule has 1 aromatic carbocycles. The highest BCUT2D eigenvalue weighted by atomic mass is 35.5. The van der Waals surface area contributed by atoms with Crippen LogP contribution in [0.5, 0.6) is 0 Å². The minimum atomic E-state index is 0.139. The Morgan fingerprint density at radius 3 is 2.47 bits per heavy atom. The van der Waals surface area contributed by atoms with E-state index in [1.54, 1.807) is 6.92 Å². The Morgan fingerprint density at radius 2 is 1.94 bits per heavy atom. The van der Waals surface area contributed by atoms with Gasteiger partial charge < -0.3 is 15.5 Å². The lowest BCUT2D eigenvalue weighted by molar-refractivity contribution is -0.129. The number of rotatable bonds is 1. The largest absolute Gasteiger partial charge is 0.397 e. The van der Waals surface area contributed by atoms with Crippen LogP contribution in [0.25, 0.3) is 0 Å². The van der Waals surface area contributed by atoms with Crippen molar-refractivity contribution in [2.45, 2.75) is 6.92 Å². The molecule has 0 saturated carbocycles. The molecule has 0 atom stereocenters. The van der Waals surface area contributed by atoms with E-state index in [4.69, 9.17) is 17.3 Å². The molecule has 1 aliphatic heterocycles. The molecule has 2 N–H and O–H groups in total. The second-order valence-corrected chi connectivity index (χ2v) is 4.61. The monoisotopic (exact) mass is 253 g/mol. The van der Waals surface area contributed by atoms with E-state index >= 15 is 0 Å². The van der Waals surface area contributed by atoms with Crippen molar-refractivity contribution < 1.29 is 4.79 Å². The molecular weight excluding hydrogens is 238 g/mol. The number of carbonyl (C=O) groups excluding carboxylic acids is 1. The van der Waals surface area contributed by atoms with Crippen molar-refractivity contribution in [3.05, 3.63) is 23.2 Å². The molecule has 4 nitrogen and oxygen atoms in total. The van der Waals surface area contributed by atoms with Gasteiger partial charge >= 0.3 is 0 Å². The van der Waals surface area contributed by atoms with Crippen molar-refractivity contribution in [3.63, 3.8) is 0 Å². The fourth-order valence-electron chi connectivity index (χ4n) is 2.01. The first-order valence-corrected chi connectivity index (χ1v) is 6.01. The predicted molar refractivity (Wildman–Crippen MR) is 70.3 cm³/mol. The van der Waals surface area contributed by atoms with Gasteiger partial charge in [-0.2, -0.15) is 0 Å². The fourth-order valence-corrected chi connectivity index (χ4v) is 2.12. The van der Waals surface area contributed by atoms with Crippen LogP contribution < -0.4 is 10.6 Å². The van der Waals surface area contributed by atoms with Crippen molar-refractivity contribution in [3.8, 4) is 0 Å². The maximum absolute atomic E-state index is 11.2. The van der Waals surface area contributed by atoms with Crippen LogP contribution in [0.3, 0.4) is 0 Å². The number of anilines is 2. The third-order valence-electron chi connectivity index (χ3n) is 3.07. The first kappa shape index (κ1) is 12.0. The van der Waals surface area contributed by atoms with Gasteiger partial charge in [0.25, 0.3) is 0 Å². The molecule has 0 aliphatic carbocycles. The number of nitrogens with two attached hydrogens (primary N) is 1. The molecule has 0 spiro atoms. The zero-order valence-electron chi connectivity index (χ0n) is 9.82. The van der Waals surface area contributed by atoms with Gasteiger partial charge in [0.1, 0.15) is 0 Å². The van der Waals surface area contributed by atoms with Crippen LogP contribution in [0.15, 0.2) is 18.2 Å². The maximum atomic E-state index is 11.2. The van der Waals surface area contributed by atoms with Crippen LogP contribution in [0.4, 0.5) is 11.4 Å². The number of carbonyl (C=O) groups is 1. The van der Waals surface area contributed by atoms with Gasteiger partial charge in [-0.25, -0.2) is 0 Å². The van der Waals surface area contributed by atoms with Crippen molar-refractivity contribution in [2.24, 2.45) is 0 Å². The quantitative estimate of drug-likeness (QED) is 0.774. The Labute approximate surface area is 106 Å². The van der Waals surface area contributed by atoms with E-state index in [1.807, 2.05) is 23.1 Å². The molecule has 1 amide bonds. The number of halogens is 1. The first-order valence-electron chi connectivity index (χ1n) is 5.63. The Kier molecular flexibility index (Phi) is 3.43. The van der Waals surface area contributed by atoms with Gasteiger partial charge in [0.2, 0.25) is 5.91 Å². The minimum Gasteiger partial charge on any atom is -0.397 e. The molecule has 92 valence electrons. The first-order chi connectivity index (χ1) is 8.08. The average molecular weight is 254 g/mol. The topological polar surface area (TPSA) is 49.6 Å². The zero-order valence-corrected chi connectivity index (χ0v) is 10.6. The third-order valence-corrected chi connectivity index (χ3v) is 3.41. The summed E-state index contributed by atoms with van der Waals surface area (Å²) in [6.07, 6.45) is 0. The van der Waals surface area contributed by atoms with Crippen molar-refractivity contribution >= 4 is 28.9 Å². The van der Waals surface area contributed by atoms with E-state index in [0.717, 1.165) is 31.9 Å². The highest BCUT2D eigenvalue weighted by molar-refractivity contribution is 6.33. The van der Waals surface area contributed by atoms with Crippen LogP contribution in [0.2, 0.25) is 5.02 Å². The second kappa shape index (κ2) is 4.84. The predicted octanol–water partition coefficient (Wildman–Crippen LogP) is 1.59. The lowest BCUT2D eigenvalue weighted by Crippen LogP contribution is -2.48. The van der Waals surface area contributed by atoms with Gasteiger partial charge in [0.15, 0.2) is 0 Å². The Bertz CT molecular complexity index is 428. The number of benzene rings is 1. The SMILES string of the molecule is CC(=O)N1CCN(c2ccc(Cl)c(N)c2)CC1. The maximum Gasteiger partial charge on any atom is 0.219 e. The summed E-state index contributed by atoms with van der Waals surface area (Å²) in [6, 6.07) is 5.65. The highest BCUT2D eigenvalue weighted by Crippen LogP contribution is 2.25. The molecule has 0 bridgehead atoms. The van der Waals surface area contributed by atoms with Crippen LogP contribution >= 0.6 is 11.6 Å². The van der Waals surface area contributed by atoms with Gasteiger partial charge in [-0.3, -0.25) is 4.79 Å². The third kappa shape index (κ3) is 2.64. The molecule has 0 aromatic heterocycles. The molecule has 0 unspecified atom stereocenters. The molecule has 1 saturated heterocycles. The normalized spacial score (nSPS) is 16.1. The molecule has 1 fully saturated rings. The van der Waals surface area contributed by atoms with Crippen molar-refractivity contribution in [1.82, 2.24) is 4.90 Å². The number of amides is 1. The standard InChI is InChI=1S/C12H16ClN3O/c1-9(17)15-4-6-16(7-5-15)10-2-3-11(13)12(14)8-10/h2-3,8H,4-7,14H2,1H3. The average Bonchev–Trinajstić information content (AvgIpc) is 2.33. The molecule has 2 rings (SSSR count). The molecule has 1 aromatic rings. The smallest absolute Gasteiger partial charge is 0.219 e. The van der Waals surface area contributed by atoms with Gasteiger partial charge in [0.05, 0.1) is 10.7 Å². The number of hydrogen-bond donors (Lipinski definition) is 1. The summed E-state index contributed by atoms with van der Waals surface area (Å²) in [5.74, 6) is 0.139. The van der Waals surface area contributed by atoms with Crippen LogP contribution in [0.1, 0.15) is 6.92 Å². The second-order valence-electron chi connectivity index (χ2n) is 4.20. The van der Waals surface area contributed by atoms with E-state index in [9.17, 15) is 4.79 Å². The number of piperazine rings is 1. The van der Waals surface area contributed by atoms with Crippen LogP contribution in [-0.4, -0.2) is 37.0 Å². The summed E-state index contributed by atoms with van der Waals surface area (Å²) in [5.41, 5.74) is 7.44. The van der Waals surface area contributed by atoms with Gasteiger partial charge in [-0.1, -0.05) is 11.6 Å². The fraction of sp³-hybridized carbons (Fsp3) is 0.417. The summed E-state index contributed by atoms with van der Waals surface area (Å²) < 4.78 is 0. The zero-order chi connectivity index (χ0) is 12.4. The lowest BCUT2D eigenvalue weighted by atomic mass is 10.2. The molecule has 17 heavy (non-hydrogen) atoms. The molecule has 5 heteroatoms. The Hall–Kier alpha value is -1.42.